The fraction of sp³-hybridized carbons (Fsp3) is 0.500. The molecule has 0 bridgehead atoms. The van der Waals surface area contributed by atoms with Gasteiger partial charge in [0, 0.05) is 11.1 Å². The molecule has 15 heavy (non-hydrogen) atoms. The Labute approximate surface area is 90.2 Å². The smallest absolute Gasteiger partial charge is 0.130 e. The van der Waals surface area contributed by atoms with Crippen molar-refractivity contribution in [3.63, 3.8) is 0 Å². The summed E-state index contributed by atoms with van der Waals surface area (Å²) in [6, 6.07) is 4.86. The number of hydrogen-bond acceptors (Lipinski definition) is 2. The Bertz CT molecular complexity index is 331. The van der Waals surface area contributed by atoms with Gasteiger partial charge >= 0.3 is 0 Å². The first kappa shape index (κ1) is 12.0. The van der Waals surface area contributed by atoms with Crippen LogP contribution < -0.4 is 10.5 Å². The van der Waals surface area contributed by atoms with Crippen LogP contribution in [-0.4, -0.2) is 12.6 Å². The number of nitrogens with two attached hydrogens (primary N) is 1. The number of halogens is 1. The summed E-state index contributed by atoms with van der Waals surface area (Å²) in [7, 11) is 1.55. The molecular formula is C12H18FNO. The van der Waals surface area contributed by atoms with Gasteiger partial charge in [0.05, 0.1) is 7.11 Å². The maximum atomic E-state index is 13.5. The summed E-state index contributed by atoms with van der Waals surface area (Å²) in [5, 5.41) is 0. The van der Waals surface area contributed by atoms with Crippen LogP contribution in [0.2, 0.25) is 0 Å². The van der Waals surface area contributed by atoms with Gasteiger partial charge in [0.15, 0.2) is 0 Å². The first-order valence-electron chi connectivity index (χ1n) is 5.04. The summed E-state index contributed by atoms with van der Waals surface area (Å²) in [6.07, 6.45) is 1.32. The number of ether oxygens (including phenoxy) is 1. The van der Waals surface area contributed by atoms with Gasteiger partial charge in [-0.25, -0.2) is 4.39 Å². The number of rotatable bonds is 4. The molecular weight excluding hydrogens is 193 g/mol. The van der Waals surface area contributed by atoms with Gasteiger partial charge in [-0.05, 0) is 38.8 Å². The fourth-order valence-electron chi connectivity index (χ4n) is 1.42. The summed E-state index contributed by atoms with van der Waals surface area (Å²) in [5.74, 6) is 0.373. The van der Waals surface area contributed by atoms with E-state index in [1.807, 2.05) is 13.8 Å². The van der Waals surface area contributed by atoms with Crippen LogP contribution in [0.1, 0.15) is 25.8 Å². The van der Waals surface area contributed by atoms with Gasteiger partial charge in [-0.2, -0.15) is 0 Å². The predicted molar refractivity (Wildman–Crippen MR) is 59.5 cm³/mol. The van der Waals surface area contributed by atoms with Crippen molar-refractivity contribution in [3.8, 4) is 5.75 Å². The van der Waals surface area contributed by atoms with Crippen LogP contribution in [-0.2, 0) is 6.42 Å². The molecule has 84 valence electrons. The zero-order valence-corrected chi connectivity index (χ0v) is 9.51. The van der Waals surface area contributed by atoms with Crippen molar-refractivity contribution in [2.24, 2.45) is 5.73 Å². The van der Waals surface area contributed by atoms with Gasteiger partial charge < -0.3 is 10.5 Å². The zero-order chi connectivity index (χ0) is 11.5. The van der Waals surface area contributed by atoms with E-state index < -0.39 is 0 Å². The summed E-state index contributed by atoms with van der Waals surface area (Å²) in [5.41, 5.74) is 6.19. The second-order valence-electron chi connectivity index (χ2n) is 4.41. The summed E-state index contributed by atoms with van der Waals surface area (Å²) < 4.78 is 18.6. The molecule has 0 saturated carbocycles. The highest BCUT2D eigenvalue weighted by Gasteiger charge is 2.15. The van der Waals surface area contributed by atoms with Crippen LogP contribution >= 0.6 is 0 Å². The van der Waals surface area contributed by atoms with Crippen molar-refractivity contribution in [3.05, 3.63) is 29.6 Å². The highest BCUT2D eigenvalue weighted by Crippen LogP contribution is 2.24. The molecule has 1 aromatic carbocycles. The molecule has 0 amide bonds. The molecule has 0 aliphatic rings. The van der Waals surface area contributed by atoms with Crippen molar-refractivity contribution < 1.29 is 9.13 Å². The molecule has 0 aliphatic carbocycles. The molecule has 0 aliphatic heterocycles. The highest BCUT2D eigenvalue weighted by molar-refractivity contribution is 5.34. The van der Waals surface area contributed by atoms with Crippen LogP contribution in [0.3, 0.4) is 0 Å². The molecule has 0 heterocycles. The molecule has 0 atom stereocenters. The van der Waals surface area contributed by atoms with E-state index in [0.29, 0.717) is 17.7 Å². The maximum absolute atomic E-state index is 13.5. The van der Waals surface area contributed by atoms with Crippen LogP contribution in [0.4, 0.5) is 4.39 Å². The lowest BCUT2D eigenvalue weighted by Gasteiger charge is -2.19. The summed E-state index contributed by atoms with van der Waals surface area (Å²) in [4.78, 5) is 0. The number of benzene rings is 1. The van der Waals surface area contributed by atoms with E-state index in [9.17, 15) is 4.39 Å². The van der Waals surface area contributed by atoms with E-state index in [1.54, 1.807) is 19.2 Å². The van der Waals surface area contributed by atoms with E-state index >= 15 is 0 Å². The van der Waals surface area contributed by atoms with Crippen LogP contribution in [0.25, 0.3) is 0 Å². The normalized spacial score (nSPS) is 11.5. The molecule has 0 radical (unpaired) electrons. The van der Waals surface area contributed by atoms with Gasteiger partial charge in [0.1, 0.15) is 11.6 Å². The van der Waals surface area contributed by atoms with E-state index in [0.717, 1.165) is 6.42 Å². The molecule has 0 aromatic heterocycles. The van der Waals surface area contributed by atoms with Crippen molar-refractivity contribution in [1.29, 1.82) is 0 Å². The Morgan fingerprint density at radius 2 is 2.07 bits per heavy atom. The summed E-state index contributed by atoms with van der Waals surface area (Å²) >= 11 is 0. The molecule has 2 nitrogen and oxygen atoms in total. The van der Waals surface area contributed by atoms with Crippen LogP contribution in [0.15, 0.2) is 18.2 Å². The van der Waals surface area contributed by atoms with E-state index in [1.165, 1.54) is 6.07 Å². The average molecular weight is 211 g/mol. The molecule has 0 saturated heterocycles. The zero-order valence-electron chi connectivity index (χ0n) is 9.51. The van der Waals surface area contributed by atoms with Gasteiger partial charge in [-0.15, -0.1) is 0 Å². The van der Waals surface area contributed by atoms with Gasteiger partial charge in [0.25, 0.3) is 0 Å². The monoisotopic (exact) mass is 211 g/mol. The molecule has 0 fully saturated rings. The Morgan fingerprint density at radius 3 is 2.60 bits per heavy atom. The van der Waals surface area contributed by atoms with E-state index in [4.69, 9.17) is 10.5 Å². The lowest BCUT2D eigenvalue weighted by molar-refractivity contribution is 0.398. The Balaban J connectivity index is 2.83. The van der Waals surface area contributed by atoms with Crippen LogP contribution in [0, 0.1) is 5.82 Å². The molecule has 1 rings (SSSR count). The fourth-order valence-corrected chi connectivity index (χ4v) is 1.42. The average Bonchev–Trinajstić information content (AvgIpc) is 2.14. The SMILES string of the molecule is COc1cccc(F)c1CCC(C)(C)N. The third kappa shape index (κ3) is 3.51. The first-order chi connectivity index (χ1) is 6.94. The lowest BCUT2D eigenvalue weighted by atomic mass is 9.96. The second kappa shape index (κ2) is 4.62. The van der Waals surface area contributed by atoms with E-state index in [2.05, 4.69) is 0 Å². The van der Waals surface area contributed by atoms with Gasteiger partial charge in [-0.1, -0.05) is 6.07 Å². The Morgan fingerprint density at radius 1 is 1.40 bits per heavy atom. The van der Waals surface area contributed by atoms with Crippen molar-refractivity contribution in [2.75, 3.05) is 7.11 Å². The molecule has 2 N–H and O–H groups in total. The topological polar surface area (TPSA) is 35.2 Å². The quantitative estimate of drug-likeness (QED) is 0.830. The van der Waals surface area contributed by atoms with Gasteiger partial charge in [-0.3, -0.25) is 0 Å². The largest absolute Gasteiger partial charge is 0.496 e. The lowest BCUT2D eigenvalue weighted by Crippen LogP contribution is -2.32. The van der Waals surface area contributed by atoms with Gasteiger partial charge in [0.2, 0.25) is 0 Å². The minimum Gasteiger partial charge on any atom is -0.496 e. The van der Waals surface area contributed by atoms with Crippen molar-refractivity contribution in [2.45, 2.75) is 32.2 Å². The molecule has 1 aromatic rings. The molecule has 0 spiro atoms. The Hall–Kier alpha value is -1.09. The third-order valence-corrected chi connectivity index (χ3v) is 2.32. The third-order valence-electron chi connectivity index (χ3n) is 2.32. The maximum Gasteiger partial charge on any atom is 0.130 e. The van der Waals surface area contributed by atoms with Crippen molar-refractivity contribution >= 4 is 0 Å². The summed E-state index contributed by atoms with van der Waals surface area (Å²) in [6.45, 7) is 3.86. The highest BCUT2D eigenvalue weighted by atomic mass is 19.1. The second-order valence-corrected chi connectivity index (χ2v) is 4.41. The molecule has 0 unspecified atom stereocenters. The minimum atomic E-state index is -0.284. The van der Waals surface area contributed by atoms with Crippen LogP contribution in [0.5, 0.6) is 5.75 Å². The van der Waals surface area contributed by atoms with Crippen molar-refractivity contribution in [1.82, 2.24) is 0 Å². The number of methoxy groups -OCH3 is 1. The predicted octanol–water partition coefficient (Wildman–Crippen LogP) is 2.50. The standard InChI is InChI=1S/C12H18FNO/c1-12(2,14)8-7-9-10(13)5-4-6-11(9)15-3/h4-6H,7-8,14H2,1-3H3. The number of hydrogen-bond donors (Lipinski definition) is 1. The van der Waals surface area contributed by atoms with E-state index in [-0.39, 0.29) is 11.4 Å². The Kier molecular flexibility index (Phi) is 3.69. The molecule has 3 heteroatoms. The first-order valence-corrected chi connectivity index (χ1v) is 5.04. The minimum absolute atomic E-state index is 0.224.